The normalized spacial score (nSPS) is 16.1. The van der Waals surface area contributed by atoms with E-state index in [4.69, 9.17) is 21.7 Å². The molecular weight excluding hydrogens is 381 g/mol. The average Bonchev–Trinajstić information content (AvgIpc) is 2.68. The van der Waals surface area contributed by atoms with Gasteiger partial charge >= 0.3 is 0 Å². The third-order valence-corrected chi connectivity index (χ3v) is 4.60. The van der Waals surface area contributed by atoms with E-state index in [9.17, 15) is 9.18 Å². The number of halogens is 1. The number of carbonyl (C=O) groups excluding carboxylic acids is 1. The van der Waals surface area contributed by atoms with Crippen molar-refractivity contribution in [3.05, 3.63) is 65.1 Å². The van der Waals surface area contributed by atoms with E-state index < -0.39 is 17.8 Å². The van der Waals surface area contributed by atoms with Crippen molar-refractivity contribution < 1.29 is 18.7 Å². The predicted molar refractivity (Wildman–Crippen MR) is 109 cm³/mol. The number of ether oxygens (including phenoxy) is 2. The first kappa shape index (κ1) is 19.6. The highest BCUT2D eigenvalue weighted by atomic mass is 32.1. The standard InChI is InChI=1S/C20H20FN3O3S/c1-11-17(19(25)23-14-7-5-4-6-13(14)21)18(24-20(28)22-11)12-8-9-15(26-2)16(10-12)27-3/h4-10,18H,1-3H3,(H,23,25)(H2,22,24,28). The molecule has 0 spiro atoms. The van der Waals surface area contributed by atoms with Gasteiger partial charge in [-0.15, -0.1) is 0 Å². The molecule has 28 heavy (non-hydrogen) atoms. The number of methoxy groups -OCH3 is 2. The number of hydrogen-bond donors (Lipinski definition) is 3. The molecule has 8 heteroatoms. The van der Waals surface area contributed by atoms with E-state index in [-0.39, 0.29) is 5.69 Å². The maximum Gasteiger partial charge on any atom is 0.255 e. The van der Waals surface area contributed by atoms with E-state index in [1.165, 1.54) is 19.2 Å². The predicted octanol–water partition coefficient (Wildman–Crippen LogP) is 3.27. The second kappa shape index (κ2) is 8.26. The Bertz CT molecular complexity index is 961. The Hall–Kier alpha value is -3.13. The van der Waals surface area contributed by atoms with Crippen LogP contribution >= 0.6 is 12.2 Å². The highest BCUT2D eigenvalue weighted by Crippen LogP contribution is 2.34. The summed E-state index contributed by atoms with van der Waals surface area (Å²) in [5, 5.41) is 9.06. The third kappa shape index (κ3) is 3.91. The summed E-state index contributed by atoms with van der Waals surface area (Å²) in [5.74, 6) is 0.146. The molecule has 3 rings (SSSR count). The van der Waals surface area contributed by atoms with Gasteiger partial charge in [-0.1, -0.05) is 18.2 Å². The van der Waals surface area contributed by atoms with Crippen LogP contribution in [0.25, 0.3) is 0 Å². The molecule has 146 valence electrons. The Balaban J connectivity index is 1.99. The van der Waals surface area contributed by atoms with Gasteiger partial charge in [0.05, 0.1) is 31.5 Å². The molecule has 6 nitrogen and oxygen atoms in total. The number of allylic oxidation sites excluding steroid dienone is 1. The molecule has 0 saturated heterocycles. The zero-order valence-corrected chi connectivity index (χ0v) is 16.4. The van der Waals surface area contributed by atoms with E-state index in [0.29, 0.717) is 27.9 Å². The van der Waals surface area contributed by atoms with E-state index in [2.05, 4.69) is 16.0 Å². The first-order valence-corrected chi connectivity index (χ1v) is 8.91. The first-order chi connectivity index (χ1) is 13.4. The van der Waals surface area contributed by atoms with Gasteiger partial charge in [0, 0.05) is 5.70 Å². The number of rotatable bonds is 5. The third-order valence-electron chi connectivity index (χ3n) is 4.38. The quantitative estimate of drug-likeness (QED) is 0.668. The van der Waals surface area contributed by atoms with Gasteiger partial charge in [-0.05, 0) is 49.0 Å². The van der Waals surface area contributed by atoms with Crippen molar-refractivity contribution in [3.8, 4) is 11.5 Å². The van der Waals surface area contributed by atoms with Crippen molar-refractivity contribution in [1.29, 1.82) is 0 Å². The summed E-state index contributed by atoms with van der Waals surface area (Å²) in [6.45, 7) is 1.75. The number of anilines is 1. The molecule has 0 saturated carbocycles. The lowest BCUT2D eigenvalue weighted by Gasteiger charge is -2.30. The largest absolute Gasteiger partial charge is 0.493 e. The van der Waals surface area contributed by atoms with Gasteiger partial charge in [0.15, 0.2) is 16.6 Å². The van der Waals surface area contributed by atoms with Crippen LogP contribution < -0.4 is 25.4 Å². The molecule has 2 aromatic carbocycles. The molecule has 1 atom stereocenters. The SMILES string of the molecule is COc1ccc(C2NC(=S)NC(C)=C2C(=O)Nc2ccccc2F)cc1OC. The lowest BCUT2D eigenvalue weighted by atomic mass is 9.94. The van der Waals surface area contributed by atoms with Crippen LogP contribution in [0.3, 0.4) is 0 Å². The number of carbonyl (C=O) groups is 1. The molecule has 0 bridgehead atoms. The van der Waals surface area contributed by atoms with Gasteiger partial charge in [-0.3, -0.25) is 4.79 Å². The molecule has 1 unspecified atom stereocenters. The van der Waals surface area contributed by atoms with Crippen LogP contribution in [0.2, 0.25) is 0 Å². The van der Waals surface area contributed by atoms with Crippen molar-refractivity contribution in [3.63, 3.8) is 0 Å². The molecule has 2 aromatic rings. The average molecular weight is 401 g/mol. The van der Waals surface area contributed by atoms with Crippen molar-refractivity contribution in [2.45, 2.75) is 13.0 Å². The van der Waals surface area contributed by atoms with E-state index in [1.54, 1.807) is 38.3 Å². The number of para-hydroxylation sites is 1. The van der Waals surface area contributed by atoms with Gasteiger partial charge in [-0.2, -0.15) is 0 Å². The fourth-order valence-electron chi connectivity index (χ4n) is 3.03. The monoisotopic (exact) mass is 401 g/mol. The lowest BCUT2D eigenvalue weighted by molar-refractivity contribution is -0.113. The molecule has 3 N–H and O–H groups in total. The second-order valence-electron chi connectivity index (χ2n) is 6.12. The summed E-state index contributed by atoms with van der Waals surface area (Å²) in [5.41, 5.74) is 1.83. The molecule has 0 fully saturated rings. The maximum atomic E-state index is 14.0. The van der Waals surface area contributed by atoms with Gasteiger partial charge in [0.2, 0.25) is 0 Å². The minimum absolute atomic E-state index is 0.104. The minimum Gasteiger partial charge on any atom is -0.493 e. The molecule has 1 heterocycles. The second-order valence-corrected chi connectivity index (χ2v) is 6.53. The van der Waals surface area contributed by atoms with Gasteiger partial charge in [-0.25, -0.2) is 4.39 Å². The van der Waals surface area contributed by atoms with Crippen molar-refractivity contribution >= 4 is 28.9 Å². The fourth-order valence-corrected chi connectivity index (χ4v) is 3.30. The van der Waals surface area contributed by atoms with E-state index >= 15 is 0 Å². The Morgan fingerprint density at radius 2 is 1.86 bits per heavy atom. The molecule has 0 aliphatic carbocycles. The van der Waals surface area contributed by atoms with Gasteiger partial charge in [0.1, 0.15) is 5.82 Å². The van der Waals surface area contributed by atoms with E-state index in [0.717, 1.165) is 5.56 Å². The Morgan fingerprint density at radius 1 is 1.14 bits per heavy atom. The van der Waals surface area contributed by atoms with Crippen LogP contribution in [-0.2, 0) is 4.79 Å². The lowest BCUT2D eigenvalue weighted by Crippen LogP contribution is -2.45. The Kier molecular flexibility index (Phi) is 5.79. The highest BCUT2D eigenvalue weighted by molar-refractivity contribution is 7.80. The van der Waals surface area contributed by atoms with Crippen molar-refractivity contribution in [2.75, 3.05) is 19.5 Å². The van der Waals surface area contributed by atoms with Crippen LogP contribution in [-0.4, -0.2) is 25.2 Å². The fraction of sp³-hybridized carbons (Fsp3) is 0.200. The topological polar surface area (TPSA) is 71.6 Å². The molecule has 1 amide bonds. The Labute approximate surface area is 167 Å². The number of benzene rings is 2. The van der Waals surface area contributed by atoms with Crippen LogP contribution in [0, 0.1) is 5.82 Å². The van der Waals surface area contributed by atoms with Gasteiger partial charge in [0.25, 0.3) is 5.91 Å². The molecule has 1 aliphatic rings. The summed E-state index contributed by atoms with van der Waals surface area (Å²) < 4.78 is 24.6. The molecule has 0 radical (unpaired) electrons. The highest BCUT2D eigenvalue weighted by Gasteiger charge is 2.30. The smallest absolute Gasteiger partial charge is 0.255 e. The maximum absolute atomic E-state index is 14.0. The van der Waals surface area contributed by atoms with Crippen LogP contribution in [0.4, 0.5) is 10.1 Å². The summed E-state index contributed by atoms with van der Waals surface area (Å²) in [7, 11) is 3.09. The summed E-state index contributed by atoms with van der Waals surface area (Å²) >= 11 is 5.26. The van der Waals surface area contributed by atoms with Gasteiger partial charge < -0.3 is 25.4 Å². The molecular formula is C20H20FN3O3S. The number of hydrogen-bond acceptors (Lipinski definition) is 4. The van der Waals surface area contributed by atoms with Crippen LogP contribution in [0.1, 0.15) is 18.5 Å². The number of amides is 1. The van der Waals surface area contributed by atoms with Crippen LogP contribution in [0.15, 0.2) is 53.7 Å². The summed E-state index contributed by atoms with van der Waals surface area (Å²) in [6, 6.07) is 10.8. The summed E-state index contributed by atoms with van der Waals surface area (Å²) in [4.78, 5) is 13.0. The van der Waals surface area contributed by atoms with Crippen LogP contribution in [0.5, 0.6) is 11.5 Å². The van der Waals surface area contributed by atoms with E-state index in [1.807, 2.05) is 6.07 Å². The molecule has 0 aromatic heterocycles. The van der Waals surface area contributed by atoms with Crippen molar-refractivity contribution in [2.24, 2.45) is 0 Å². The summed E-state index contributed by atoms with van der Waals surface area (Å²) in [6.07, 6.45) is 0. The zero-order valence-electron chi connectivity index (χ0n) is 15.6. The zero-order chi connectivity index (χ0) is 20.3. The molecule has 1 aliphatic heterocycles. The minimum atomic E-state index is -0.541. The number of thiocarbonyl (C=S) groups is 1. The Morgan fingerprint density at radius 3 is 2.54 bits per heavy atom. The first-order valence-electron chi connectivity index (χ1n) is 8.50. The number of nitrogens with one attached hydrogen (secondary N) is 3. The van der Waals surface area contributed by atoms with Crippen molar-refractivity contribution in [1.82, 2.24) is 10.6 Å².